The quantitative estimate of drug-likeness (QED) is 0.562. The molecule has 0 bridgehead atoms. The van der Waals surface area contributed by atoms with E-state index in [2.05, 4.69) is 10.6 Å². The van der Waals surface area contributed by atoms with Gasteiger partial charge in [0.15, 0.2) is 17.6 Å². The minimum atomic E-state index is -1.17. The molecule has 1 unspecified atom stereocenters. The Hall–Kier alpha value is -3.55. The molecule has 0 aliphatic carbocycles. The van der Waals surface area contributed by atoms with Crippen LogP contribution in [-0.2, 0) is 16.1 Å². The van der Waals surface area contributed by atoms with Crippen molar-refractivity contribution in [1.82, 2.24) is 10.6 Å². The molecule has 0 aliphatic rings. The predicted octanol–water partition coefficient (Wildman–Crippen LogP) is 3.45. The Bertz CT molecular complexity index is 885. The number of hydrogen-bond acceptors (Lipinski definition) is 6. The van der Waals surface area contributed by atoms with Gasteiger partial charge in [0.2, 0.25) is 0 Å². The Morgan fingerprint density at radius 1 is 0.968 bits per heavy atom. The summed E-state index contributed by atoms with van der Waals surface area (Å²) in [6.07, 6.45) is -0.331. The van der Waals surface area contributed by atoms with Crippen LogP contribution in [0.1, 0.15) is 43.1 Å². The molecule has 166 valence electrons. The van der Waals surface area contributed by atoms with Crippen LogP contribution in [0, 0.1) is 0 Å². The summed E-state index contributed by atoms with van der Waals surface area (Å²) in [6, 6.07) is 13.3. The molecule has 8 heteroatoms. The fourth-order valence-electron chi connectivity index (χ4n) is 2.55. The fourth-order valence-corrected chi connectivity index (χ4v) is 2.55. The number of esters is 1. The lowest BCUT2D eigenvalue weighted by molar-refractivity contribution is -0.127. The van der Waals surface area contributed by atoms with Crippen molar-refractivity contribution in [3.63, 3.8) is 0 Å². The highest BCUT2D eigenvalue weighted by Gasteiger charge is 2.22. The van der Waals surface area contributed by atoms with Crippen LogP contribution in [0.25, 0.3) is 0 Å². The van der Waals surface area contributed by atoms with Gasteiger partial charge in [-0.3, -0.25) is 10.1 Å². The molecule has 0 heterocycles. The number of benzene rings is 2. The SMILES string of the molecule is CCCOc1ccc(C(=O)OC(C)C(=O)NC(=O)NCc2ccccc2)cc1OCC. The van der Waals surface area contributed by atoms with Gasteiger partial charge in [-0.1, -0.05) is 37.3 Å². The highest BCUT2D eigenvalue weighted by molar-refractivity contribution is 5.98. The highest BCUT2D eigenvalue weighted by atomic mass is 16.5. The van der Waals surface area contributed by atoms with E-state index >= 15 is 0 Å². The summed E-state index contributed by atoms with van der Waals surface area (Å²) in [5, 5.41) is 4.73. The van der Waals surface area contributed by atoms with Crippen molar-refractivity contribution in [1.29, 1.82) is 0 Å². The lowest BCUT2D eigenvalue weighted by Crippen LogP contribution is -2.44. The lowest BCUT2D eigenvalue weighted by Gasteiger charge is -2.15. The Morgan fingerprint density at radius 2 is 1.71 bits per heavy atom. The van der Waals surface area contributed by atoms with Crippen molar-refractivity contribution < 1.29 is 28.6 Å². The molecule has 2 N–H and O–H groups in total. The monoisotopic (exact) mass is 428 g/mol. The third-order valence-corrected chi connectivity index (χ3v) is 4.13. The van der Waals surface area contributed by atoms with Crippen molar-refractivity contribution in [2.45, 2.75) is 39.8 Å². The largest absolute Gasteiger partial charge is 0.490 e. The average molecular weight is 428 g/mol. The molecule has 3 amide bonds. The Balaban J connectivity index is 1.90. The van der Waals surface area contributed by atoms with Crippen molar-refractivity contribution in [3.05, 3.63) is 59.7 Å². The third-order valence-electron chi connectivity index (χ3n) is 4.13. The zero-order valence-electron chi connectivity index (χ0n) is 18.0. The van der Waals surface area contributed by atoms with E-state index in [-0.39, 0.29) is 12.1 Å². The van der Waals surface area contributed by atoms with E-state index in [4.69, 9.17) is 14.2 Å². The molecule has 0 aliphatic heterocycles. The second kappa shape index (κ2) is 12.2. The minimum Gasteiger partial charge on any atom is -0.490 e. The average Bonchev–Trinajstić information content (AvgIpc) is 2.77. The molecule has 2 aromatic carbocycles. The maximum absolute atomic E-state index is 12.4. The number of imide groups is 1. The molecular weight excluding hydrogens is 400 g/mol. The summed E-state index contributed by atoms with van der Waals surface area (Å²) in [4.78, 5) is 36.5. The summed E-state index contributed by atoms with van der Waals surface area (Å²) in [5.74, 6) is -0.494. The predicted molar refractivity (Wildman–Crippen MR) is 115 cm³/mol. The molecule has 2 rings (SSSR count). The molecule has 2 aromatic rings. The van der Waals surface area contributed by atoms with Crippen LogP contribution >= 0.6 is 0 Å². The molecule has 31 heavy (non-hydrogen) atoms. The van der Waals surface area contributed by atoms with Gasteiger partial charge < -0.3 is 19.5 Å². The van der Waals surface area contributed by atoms with Crippen LogP contribution in [0.2, 0.25) is 0 Å². The van der Waals surface area contributed by atoms with Gasteiger partial charge in [-0.05, 0) is 44.0 Å². The molecule has 0 saturated heterocycles. The van der Waals surface area contributed by atoms with Crippen molar-refractivity contribution in [2.24, 2.45) is 0 Å². The number of nitrogens with one attached hydrogen (secondary N) is 2. The Morgan fingerprint density at radius 3 is 2.39 bits per heavy atom. The number of carbonyl (C=O) groups is 3. The zero-order chi connectivity index (χ0) is 22.6. The van der Waals surface area contributed by atoms with E-state index in [0.29, 0.717) is 24.7 Å². The molecule has 8 nitrogen and oxygen atoms in total. The summed E-state index contributed by atoms with van der Waals surface area (Å²) in [7, 11) is 0. The summed E-state index contributed by atoms with van der Waals surface area (Å²) in [6.45, 7) is 6.39. The summed E-state index contributed by atoms with van der Waals surface area (Å²) in [5.41, 5.74) is 1.10. The second-order valence-corrected chi connectivity index (χ2v) is 6.65. The molecule has 0 spiro atoms. The van der Waals surface area contributed by atoms with Crippen LogP contribution in [0.4, 0.5) is 4.79 Å². The molecule has 1 atom stereocenters. The van der Waals surface area contributed by atoms with Crippen LogP contribution in [0.3, 0.4) is 0 Å². The maximum Gasteiger partial charge on any atom is 0.339 e. The van der Waals surface area contributed by atoms with Gasteiger partial charge in [-0.2, -0.15) is 0 Å². The number of carbonyl (C=O) groups excluding carboxylic acids is 3. The number of ether oxygens (including phenoxy) is 3. The molecule has 0 aromatic heterocycles. The van der Waals surface area contributed by atoms with Gasteiger partial charge in [-0.25, -0.2) is 9.59 Å². The number of hydrogen-bond donors (Lipinski definition) is 2. The smallest absolute Gasteiger partial charge is 0.339 e. The van der Waals surface area contributed by atoms with E-state index in [1.807, 2.05) is 44.2 Å². The van der Waals surface area contributed by atoms with E-state index in [0.717, 1.165) is 12.0 Å². The lowest BCUT2D eigenvalue weighted by atomic mass is 10.2. The van der Waals surface area contributed by atoms with Crippen molar-refractivity contribution in [3.8, 4) is 11.5 Å². The van der Waals surface area contributed by atoms with Crippen LogP contribution < -0.4 is 20.1 Å². The van der Waals surface area contributed by atoms with Crippen LogP contribution in [-0.4, -0.2) is 37.2 Å². The summed E-state index contributed by atoms with van der Waals surface area (Å²) < 4.78 is 16.3. The Labute approximate surface area is 181 Å². The van der Waals surface area contributed by atoms with Gasteiger partial charge in [0.25, 0.3) is 5.91 Å². The number of amides is 3. The maximum atomic E-state index is 12.4. The van der Waals surface area contributed by atoms with Crippen LogP contribution in [0.5, 0.6) is 11.5 Å². The van der Waals surface area contributed by atoms with Crippen LogP contribution in [0.15, 0.2) is 48.5 Å². The van der Waals surface area contributed by atoms with Crippen molar-refractivity contribution >= 4 is 17.9 Å². The van der Waals surface area contributed by atoms with Gasteiger partial charge in [0.05, 0.1) is 18.8 Å². The Kier molecular flexibility index (Phi) is 9.35. The van der Waals surface area contributed by atoms with Gasteiger partial charge in [0.1, 0.15) is 0 Å². The van der Waals surface area contributed by atoms with Gasteiger partial charge >= 0.3 is 12.0 Å². The normalized spacial score (nSPS) is 11.2. The van der Waals surface area contributed by atoms with E-state index in [1.165, 1.54) is 19.1 Å². The van der Waals surface area contributed by atoms with E-state index in [9.17, 15) is 14.4 Å². The van der Waals surface area contributed by atoms with E-state index in [1.54, 1.807) is 6.07 Å². The van der Waals surface area contributed by atoms with E-state index < -0.39 is 24.0 Å². The highest BCUT2D eigenvalue weighted by Crippen LogP contribution is 2.29. The topological polar surface area (TPSA) is 103 Å². The van der Waals surface area contributed by atoms with Gasteiger partial charge in [0, 0.05) is 6.54 Å². The zero-order valence-corrected chi connectivity index (χ0v) is 18.0. The number of urea groups is 1. The first-order valence-corrected chi connectivity index (χ1v) is 10.2. The first kappa shape index (κ1) is 23.7. The number of rotatable bonds is 10. The first-order valence-electron chi connectivity index (χ1n) is 10.2. The molecule has 0 radical (unpaired) electrons. The molecular formula is C23H28N2O6. The summed E-state index contributed by atoms with van der Waals surface area (Å²) >= 11 is 0. The second-order valence-electron chi connectivity index (χ2n) is 6.65. The molecule has 0 saturated carbocycles. The fraction of sp³-hybridized carbons (Fsp3) is 0.348. The first-order chi connectivity index (χ1) is 14.9. The third kappa shape index (κ3) is 7.65. The minimum absolute atomic E-state index is 0.209. The molecule has 0 fully saturated rings. The van der Waals surface area contributed by atoms with Crippen molar-refractivity contribution in [2.75, 3.05) is 13.2 Å². The van der Waals surface area contributed by atoms with Gasteiger partial charge in [-0.15, -0.1) is 0 Å². The standard InChI is InChI=1S/C23H28N2O6/c1-4-13-30-19-12-11-18(14-20(19)29-5-2)22(27)31-16(3)21(26)25-23(28)24-15-17-9-7-6-8-10-17/h6-12,14,16H,4-5,13,15H2,1-3H3,(H2,24,25,26,28).